The van der Waals surface area contributed by atoms with Crippen LogP contribution in [0.3, 0.4) is 0 Å². The van der Waals surface area contributed by atoms with Crippen molar-refractivity contribution in [1.29, 1.82) is 5.26 Å². The van der Waals surface area contributed by atoms with E-state index in [0.29, 0.717) is 28.6 Å². The van der Waals surface area contributed by atoms with E-state index in [1.54, 1.807) is 0 Å². The summed E-state index contributed by atoms with van der Waals surface area (Å²) in [5, 5.41) is 12.6. The van der Waals surface area contributed by atoms with E-state index in [1.165, 1.54) is 11.8 Å². The number of pyridine rings is 1. The maximum absolute atomic E-state index is 12.5. The molecule has 1 aliphatic rings. The van der Waals surface area contributed by atoms with Gasteiger partial charge in [-0.2, -0.15) is 5.26 Å². The van der Waals surface area contributed by atoms with Crippen molar-refractivity contribution in [3.63, 3.8) is 0 Å². The molecule has 1 aromatic carbocycles. The van der Waals surface area contributed by atoms with Gasteiger partial charge in [0.05, 0.1) is 10.8 Å². The van der Waals surface area contributed by atoms with Gasteiger partial charge in [0.25, 0.3) is 0 Å². The molecule has 7 heteroatoms. The van der Waals surface area contributed by atoms with Crippen LogP contribution in [-0.4, -0.2) is 22.9 Å². The predicted molar refractivity (Wildman–Crippen MR) is 103 cm³/mol. The number of thioether (sulfide) groups is 1. The number of aromatic nitrogens is 1. The first-order valence-electron chi connectivity index (χ1n) is 8.61. The lowest BCUT2D eigenvalue weighted by Crippen LogP contribution is -2.30. The van der Waals surface area contributed by atoms with Gasteiger partial charge in [-0.1, -0.05) is 17.8 Å². The molecule has 1 N–H and O–H groups in total. The fraction of sp³-hybridized carbons (Fsp3) is 0.350. The van der Waals surface area contributed by atoms with Gasteiger partial charge < -0.3 is 14.8 Å². The second-order valence-corrected chi connectivity index (χ2v) is 7.73. The van der Waals surface area contributed by atoms with Crippen molar-refractivity contribution in [3.8, 4) is 17.6 Å². The van der Waals surface area contributed by atoms with E-state index in [-0.39, 0.29) is 18.0 Å². The molecule has 27 heavy (non-hydrogen) atoms. The van der Waals surface area contributed by atoms with Gasteiger partial charge in [0.1, 0.15) is 11.1 Å². The summed E-state index contributed by atoms with van der Waals surface area (Å²) in [6.07, 6.45) is 0. The Morgan fingerprint density at radius 2 is 2.04 bits per heavy atom. The van der Waals surface area contributed by atoms with Crippen LogP contribution in [0.25, 0.3) is 0 Å². The summed E-state index contributed by atoms with van der Waals surface area (Å²) in [6, 6.07) is 7.81. The van der Waals surface area contributed by atoms with E-state index in [1.807, 2.05) is 45.9 Å². The summed E-state index contributed by atoms with van der Waals surface area (Å²) in [5.41, 5.74) is 4.28. The highest BCUT2D eigenvalue weighted by molar-refractivity contribution is 8.00. The van der Waals surface area contributed by atoms with Gasteiger partial charge in [0, 0.05) is 12.2 Å². The number of hydrogen-bond donors (Lipinski definition) is 1. The number of ether oxygens (including phenoxy) is 2. The first kappa shape index (κ1) is 19.1. The lowest BCUT2D eigenvalue weighted by Gasteiger charge is -2.15. The number of aryl methyl sites for hydroxylation is 1. The van der Waals surface area contributed by atoms with E-state index in [4.69, 9.17) is 9.47 Å². The average Bonchev–Trinajstić information content (AvgIpc) is 3.12. The van der Waals surface area contributed by atoms with E-state index in [0.717, 1.165) is 22.4 Å². The van der Waals surface area contributed by atoms with Gasteiger partial charge in [-0.25, -0.2) is 4.98 Å². The highest BCUT2D eigenvalue weighted by atomic mass is 32.2. The highest BCUT2D eigenvalue weighted by Crippen LogP contribution is 2.32. The maximum atomic E-state index is 12.5. The van der Waals surface area contributed by atoms with Crippen molar-refractivity contribution >= 4 is 17.7 Å². The summed E-state index contributed by atoms with van der Waals surface area (Å²) in [5.74, 6) is 1.30. The van der Waals surface area contributed by atoms with E-state index in [9.17, 15) is 10.1 Å². The number of fused-ring (bicyclic) bond motifs is 1. The van der Waals surface area contributed by atoms with Crippen LogP contribution in [0.2, 0.25) is 0 Å². The molecule has 0 saturated heterocycles. The van der Waals surface area contributed by atoms with Crippen LogP contribution in [0.15, 0.2) is 23.2 Å². The number of nitrogens with zero attached hydrogens (tertiary/aromatic N) is 2. The number of carbonyl (C=O) groups is 1. The molecule has 0 fully saturated rings. The van der Waals surface area contributed by atoms with Crippen LogP contribution in [0, 0.1) is 32.1 Å². The van der Waals surface area contributed by atoms with Crippen LogP contribution in [0.1, 0.15) is 34.9 Å². The largest absolute Gasteiger partial charge is 0.454 e. The third-order valence-corrected chi connectivity index (χ3v) is 5.72. The number of amides is 1. The number of nitrogens with one attached hydrogen (secondary N) is 1. The average molecular weight is 383 g/mol. The first-order chi connectivity index (χ1) is 12.9. The number of rotatable bonds is 5. The third kappa shape index (κ3) is 4.01. The summed E-state index contributed by atoms with van der Waals surface area (Å²) in [7, 11) is 0. The molecule has 0 aliphatic carbocycles. The zero-order valence-corrected chi connectivity index (χ0v) is 16.6. The minimum absolute atomic E-state index is 0.112. The summed E-state index contributed by atoms with van der Waals surface area (Å²) in [4.78, 5) is 17.0. The quantitative estimate of drug-likeness (QED) is 0.797. The van der Waals surface area contributed by atoms with Crippen LogP contribution >= 0.6 is 11.8 Å². The SMILES string of the molecule is Cc1nc(S[C@@H](C)C(=O)NCc2ccc3c(c2)OCO3)c(C#N)c(C)c1C. The summed E-state index contributed by atoms with van der Waals surface area (Å²) in [6.45, 7) is 8.21. The molecule has 1 amide bonds. The smallest absolute Gasteiger partial charge is 0.233 e. The predicted octanol–water partition coefficient (Wildman–Crippen LogP) is 3.40. The molecule has 0 saturated carbocycles. The molecule has 2 aromatic rings. The van der Waals surface area contributed by atoms with Crippen molar-refractivity contribution < 1.29 is 14.3 Å². The molecular formula is C20H21N3O3S. The molecule has 1 aromatic heterocycles. The van der Waals surface area contributed by atoms with Crippen LogP contribution in [0.4, 0.5) is 0 Å². The second kappa shape index (κ2) is 7.89. The maximum Gasteiger partial charge on any atom is 0.233 e. The number of benzene rings is 1. The Balaban J connectivity index is 1.65. The molecular weight excluding hydrogens is 362 g/mol. The minimum Gasteiger partial charge on any atom is -0.454 e. The van der Waals surface area contributed by atoms with Crippen molar-refractivity contribution in [3.05, 3.63) is 46.1 Å². The molecule has 3 rings (SSSR count). The normalized spacial score (nSPS) is 13.1. The number of hydrogen-bond acceptors (Lipinski definition) is 6. The fourth-order valence-corrected chi connectivity index (χ4v) is 3.76. The Labute approximate surface area is 162 Å². The van der Waals surface area contributed by atoms with Gasteiger partial charge in [0.15, 0.2) is 11.5 Å². The lowest BCUT2D eigenvalue weighted by molar-refractivity contribution is -0.120. The monoisotopic (exact) mass is 383 g/mol. The Morgan fingerprint density at radius 1 is 1.30 bits per heavy atom. The molecule has 140 valence electrons. The summed E-state index contributed by atoms with van der Waals surface area (Å²) < 4.78 is 10.6. The van der Waals surface area contributed by atoms with Crippen molar-refractivity contribution in [2.75, 3.05) is 6.79 Å². The first-order valence-corrected chi connectivity index (χ1v) is 9.49. The van der Waals surface area contributed by atoms with Crippen molar-refractivity contribution in [2.45, 2.75) is 44.5 Å². The zero-order chi connectivity index (χ0) is 19.6. The molecule has 0 spiro atoms. The van der Waals surface area contributed by atoms with Crippen LogP contribution in [-0.2, 0) is 11.3 Å². The minimum atomic E-state index is -0.375. The van der Waals surface area contributed by atoms with Gasteiger partial charge in [0.2, 0.25) is 12.7 Å². The van der Waals surface area contributed by atoms with Gasteiger partial charge in [-0.05, 0) is 56.5 Å². The molecule has 0 bridgehead atoms. The zero-order valence-electron chi connectivity index (χ0n) is 15.8. The van der Waals surface area contributed by atoms with Gasteiger partial charge in [-0.3, -0.25) is 4.79 Å². The molecule has 2 heterocycles. The Morgan fingerprint density at radius 3 is 2.78 bits per heavy atom. The van der Waals surface area contributed by atoms with Gasteiger partial charge >= 0.3 is 0 Å². The Bertz CT molecular complexity index is 937. The van der Waals surface area contributed by atoms with Crippen molar-refractivity contribution in [1.82, 2.24) is 10.3 Å². The number of nitriles is 1. The molecule has 1 aliphatic heterocycles. The Hall–Kier alpha value is -2.72. The topological polar surface area (TPSA) is 84.2 Å². The Kier molecular flexibility index (Phi) is 5.57. The highest BCUT2D eigenvalue weighted by Gasteiger charge is 2.20. The van der Waals surface area contributed by atoms with Gasteiger partial charge in [-0.15, -0.1) is 0 Å². The summed E-state index contributed by atoms with van der Waals surface area (Å²) >= 11 is 1.30. The molecule has 0 radical (unpaired) electrons. The molecule has 6 nitrogen and oxygen atoms in total. The molecule has 0 unspecified atom stereocenters. The second-order valence-electron chi connectivity index (χ2n) is 6.40. The van der Waals surface area contributed by atoms with E-state index >= 15 is 0 Å². The molecule has 1 atom stereocenters. The van der Waals surface area contributed by atoms with E-state index in [2.05, 4.69) is 16.4 Å². The number of carbonyl (C=O) groups excluding carboxylic acids is 1. The fourth-order valence-electron chi connectivity index (χ4n) is 2.73. The van der Waals surface area contributed by atoms with Crippen LogP contribution in [0.5, 0.6) is 11.5 Å². The van der Waals surface area contributed by atoms with Crippen molar-refractivity contribution in [2.24, 2.45) is 0 Å². The third-order valence-electron chi connectivity index (χ3n) is 4.64. The standard InChI is InChI=1S/C20H21N3O3S/c1-11-12(2)16(8-21)20(23-13(11)3)27-14(4)19(24)22-9-15-5-6-17-18(7-15)26-10-25-17/h5-7,14H,9-10H2,1-4H3,(H,22,24)/t14-/m0/s1. The lowest BCUT2D eigenvalue weighted by atomic mass is 10.1. The van der Waals surface area contributed by atoms with E-state index < -0.39 is 0 Å². The van der Waals surface area contributed by atoms with Crippen LogP contribution < -0.4 is 14.8 Å².